The van der Waals surface area contributed by atoms with Crippen LogP contribution in [-0.2, 0) is 0 Å². The summed E-state index contributed by atoms with van der Waals surface area (Å²) >= 11 is 18.2. The highest BCUT2D eigenvalue weighted by molar-refractivity contribution is 6.43. The highest BCUT2D eigenvalue weighted by atomic mass is 35.5. The highest BCUT2D eigenvalue weighted by Crippen LogP contribution is 2.40. The molecule has 0 aliphatic carbocycles. The summed E-state index contributed by atoms with van der Waals surface area (Å²) in [6.45, 7) is 1.67. The molecule has 0 atom stereocenters. The van der Waals surface area contributed by atoms with E-state index in [1.165, 1.54) is 0 Å². The summed E-state index contributed by atoms with van der Waals surface area (Å²) in [5.74, 6) is 0.640. The van der Waals surface area contributed by atoms with Gasteiger partial charge >= 0.3 is 0 Å². The molecule has 1 aromatic carbocycles. The number of para-hydroxylation sites is 2. The highest BCUT2D eigenvalue weighted by Gasteiger charge is 2.24. The predicted molar refractivity (Wildman–Crippen MR) is 86.0 cm³/mol. The molecule has 0 bridgehead atoms. The number of benzene rings is 1. The molecule has 0 fully saturated rings. The molecule has 1 aromatic heterocycles. The van der Waals surface area contributed by atoms with Gasteiger partial charge in [-0.2, -0.15) is 0 Å². The average Bonchev–Trinajstić information content (AvgIpc) is 2.44. The molecule has 0 unspecified atom stereocenters. The van der Waals surface area contributed by atoms with Crippen molar-refractivity contribution in [2.75, 3.05) is 29.9 Å². The molecule has 0 N–H and O–H groups in total. The van der Waals surface area contributed by atoms with Gasteiger partial charge in [-0.1, -0.05) is 46.9 Å². The molecule has 0 spiro atoms. The first-order valence-corrected chi connectivity index (χ1v) is 7.30. The van der Waals surface area contributed by atoms with Gasteiger partial charge in [-0.3, -0.25) is 0 Å². The van der Waals surface area contributed by atoms with Gasteiger partial charge in [0.15, 0.2) is 5.82 Å². The monoisotopic (exact) mass is 327 g/mol. The first-order chi connectivity index (χ1) is 9.58. The number of anilines is 3. The third-order valence-electron chi connectivity index (χ3n) is 3.37. The van der Waals surface area contributed by atoms with E-state index in [0.717, 1.165) is 24.5 Å². The molecule has 0 saturated heterocycles. The van der Waals surface area contributed by atoms with E-state index in [1.807, 2.05) is 18.2 Å². The van der Waals surface area contributed by atoms with Crippen LogP contribution in [0.25, 0.3) is 0 Å². The summed E-state index contributed by atoms with van der Waals surface area (Å²) in [5, 5.41) is 1.13. The fourth-order valence-corrected chi connectivity index (χ4v) is 2.95. The third kappa shape index (κ3) is 2.30. The first kappa shape index (κ1) is 13.8. The third-order valence-corrected chi connectivity index (χ3v) is 4.32. The molecule has 0 radical (unpaired) electrons. The lowest BCUT2D eigenvalue weighted by molar-refractivity contribution is 0.813. The second-order valence-corrected chi connectivity index (χ2v) is 5.80. The molecular formula is C14H12Cl3N3. The molecule has 104 valence electrons. The first-order valence-electron chi connectivity index (χ1n) is 6.17. The van der Waals surface area contributed by atoms with Crippen LogP contribution in [0.15, 0.2) is 30.3 Å². The zero-order valence-corrected chi connectivity index (χ0v) is 13.0. The Morgan fingerprint density at radius 2 is 1.70 bits per heavy atom. The van der Waals surface area contributed by atoms with E-state index in [4.69, 9.17) is 34.8 Å². The van der Waals surface area contributed by atoms with Crippen molar-refractivity contribution >= 4 is 52.0 Å². The quantitative estimate of drug-likeness (QED) is 0.712. The van der Waals surface area contributed by atoms with Crippen molar-refractivity contribution in [1.29, 1.82) is 0 Å². The maximum absolute atomic E-state index is 6.28. The Balaban J connectivity index is 2.12. The molecule has 2 aromatic rings. The maximum Gasteiger partial charge on any atom is 0.153 e. The van der Waals surface area contributed by atoms with Crippen molar-refractivity contribution in [3.8, 4) is 0 Å². The predicted octanol–water partition coefficient (Wildman–Crippen LogP) is 4.63. The van der Waals surface area contributed by atoms with Crippen LogP contribution in [0.1, 0.15) is 0 Å². The van der Waals surface area contributed by atoms with Crippen LogP contribution in [-0.4, -0.2) is 25.1 Å². The van der Waals surface area contributed by atoms with Crippen molar-refractivity contribution in [3.63, 3.8) is 0 Å². The summed E-state index contributed by atoms with van der Waals surface area (Å²) in [5.41, 5.74) is 2.21. The number of rotatable bonds is 1. The smallest absolute Gasteiger partial charge is 0.153 e. The van der Waals surface area contributed by atoms with Crippen molar-refractivity contribution < 1.29 is 0 Å². The van der Waals surface area contributed by atoms with Crippen molar-refractivity contribution in [2.45, 2.75) is 0 Å². The van der Waals surface area contributed by atoms with Gasteiger partial charge in [-0.05, 0) is 18.2 Å². The minimum absolute atomic E-state index is 0.266. The van der Waals surface area contributed by atoms with E-state index < -0.39 is 0 Å². The summed E-state index contributed by atoms with van der Waals surface area (Å²) in [7, 11) is 2.07. The van der Waals surface area contributed by atoms with Gasteiger partial charge < -0.3 is 9.80 Å². The number of hydrogen-bond acceptors (Lipinski definition) is 3. The van der Waals surface area contributed by atoms with Crippen LogP contribution < -0.4 is 9.80 Å². The number of likely N-dealkylation sites (N-methyl/N-ethyl adjacent to an activating group) is 1. The number of pyridine rings is 1. The van der Waals surface area contributed by atoms with Crippen molar-refractivity contribution in [2.24, 2.45) is 0 Å². The van der Waals surface area contributed by atoms with E-state index in [-0.39, 0.29) is 5.15 Å². The molecule has 20 heavy (non-hydrogen) atoms. The normalized spacial score (nSPS) is 14.4. The van der Waals surface area contributed by atoms with E-state index in [1.54, 1.807) is 6.07 Å². The number of nitrogens with zero attached hydrogens (tertiary/aromatic N) is 3. The van der Waals surface area contributed by atoms with Gasteiger partial charge in [-0.15, -0.1) is 0 Å². The lowest BCUT2D eigenvalue weighted by atomic mass is 10.1. The molecule has 0 amide bonds. The molecule has 2 heterocycles. The Labute approximate surface area is 132 Å². The van der Waals surface area contributed by atoms with Crippen LogP contribution >= 0.6 is 34.8 Å². The van der Waals surface area contributed by atoms with Gasteiger partial charge in [0.2, 0.25) is 0 Å². The largest absolute Gasteiger partial charge is 0.371 e. The summed E-state index contributed by atoms with van der Waals surface area (Å²) in [6, 6.07) is 9.77. The fraction of sp³-hybridized carbons (Fsp3) is 0.214. The van der Waals surface area contributed by atoms with Gasteiger partial charge in [0.1, 0.15) is 5.15 Å². The summed E-state index contributed by atoms with van der Waals surface area (Å²) in [4.78, 5) is 8.60. The Bertz CT molecular complexity index is 660. The number of fused-ring (bicyclic) bond motifs is 1. The second kappa shape index (κ2) is 5.32. The van der Waals surface area contributed by atoms with E-state index in [0.29, 0.717) is 15.9 Å². The van der Waals surface area contributed by atoms with Crippen LogP contribution in [0.3, 0.4) is 0 Å². The summed E-state index contributed by atoms with van der Waals surface area (Å²) < 4.78 is 0. The minimum Gasteiger partial charge on any atom is -0.371 e. The molecular weight excluding hydrogens is 317 g/mol. The zero-order chi connectivity index (χ0) is 14.3. The second-order valence-electron chi connectivity index (χ2n) is 4.63. The van der Waals surface area contributed by atoms with Gasteiger partial charge in [-0.25, -0.2) is 4.98 Å². The minimum atomic E-state index is 0.266. The Hall–Kier alpha value is -1.16. The van der Waals surface area contributed by atoms with Gasteiger partial charge in [0.05, 0.1) is 21.4 Å². The number of hydrogen-bond donors (Lipinski definition) is 0. The summed E-state index contributed by atoms with van der Waals surface area (Å²) in [6.07, 6.45) is 0. The van der Waals surface area contributed by atoms with Crippen LogP contribution in [0, 0.1) is 0 Å². The molecule has 3 rings (SSSR count). The molecule has 1 aliphatic heterocycles. The number of halogens is 3. The molecule has 6 heteroatoms. The van der Waals surface area contributed by atoms with Gasteiger partial charge in [0.25, 0.3) is 0 Å². The van der Waals surface area contributed by atoms with Crippen molar-refractivity contribution in [3.05, 3.63) is 45.5 Å². The zero-order valence-electron chi connectivity index (χ0n) is 10.8. The topological polar surface area (TPSA) is 19.4 Å². The van der Waals surface area contributed by atoms with Crippen molar-refractivity contribution in [1.82, 2.24) is 4.98 Å². The Kier molecular flexibility index (Phi) is 3.67. The number of aromatic nitrogens is 1. The molecule has 0 saturated carbocycles. The average molecular weight is 329 g/mol. The van der Waals surface area contributed by atoms with E-state index in [9.17, 15) is 0 Å². The molecule has 3 nitrogen and oxygen atoms in total. The molecule has 1 aliphatic rings. The Morgan fingerprint density at radius 1 is 1.00 bits per heavy atom. The van der Waals surface area contributed by atoms with Crippen LogP contribution in [0.2, 0.25) is 15.2 Å². The lowest BCUT2D eigenvalue weighted by Crippen LogP contribution is -2.36. The standard InChI is InChI=1S/C14H12Cl3N3/c1-19-6-7-20(12-5-3-2-4-11(12)19)14-10(16)8-9(15)13(17)18-14/h2-5,8H,6-7H2,1H3. The SMILES string of the molecule is CN1CCN(c2nc(Cl)c(Cl)cc2Cl)c2ccccc21. The van der Waals surface area contributed by atoms with Gasteiger partial charge in [0, 0.05) is 20.1 Å². The Morgan fingerprint density at radius 3 is 2.45 bits per heavy atom. The van der Waals surface area contributed by atoms with E-state index >= 15 is 0 Å². The fourth-order valence-electron chi connectivity index (χ4n) is 2.35. The van der Waals surface area contributed by atoms with Crippen LogP contribution in [0.5, 0.6) is 0 Å². The lowest BCUT2D eigenvalue weighted by Gasteiger charge is -2.36. The van der Waals surface area contributed by atoms with E-state index in [2.05, 4.69) is 27.9 Å². The maximum atomic E-state index is 6.28. The van der Waals surface area contributed by atoms with Crippen LogP contribution in [0.4, 0.5) is 17.2 Å².